The van der Waals surface area contributed by atoms with Crippen molar-refractivity contribution in [2.75, 3.05) is 11.9 Å². The molecule has 0 aromatic heterocycles. The molecule has 1 saturated carbocycles. The van der Waals surface area contributed by atoms with Gasteiger partial charge in [0.05, 0.1) is 12.2 Å². The summed E-state index contributed by atoms with van der Waals surface area (Å²) in [5.41, 5.74) is 0.00735. The molecule has 5 heteroatoms. The van der Waals surface area contributed by atoms with Crippen molar-refractivity contribution in [3.05, 3.63) is 29.8 Å². The zero-order valence-electron chi connectivity index (χ0n) is 12.5. The van der Waals surface area contributed by atoms with E-state index in [4.69, 9.17) is 0 Å². The van der Waals surface area contributed by atoms with Gasteiger partial charge in [-0.1, -0.05) is 20.3 Å². The molecular formula is C16H22F2N2O. The lowest BCUT2D eigenvalue weighted by atomic mass is 9.79. The van der Waals surface area contributed by atoms with Crippen LogP contribution in [-0.4, -0.2) is 18.5 Å². The molecule has 21 heavy (non-hydrogen) atoms. The van der Waals surface area contributed by atoms with Gasteiger partial charge < -0.3 is 10.6 Å². The predicted octanol–water partition coefficient (Wildman–Crippen LogP) is 3.32. The average molecular weight is 296 g/mol. The van der Waals surface area contributed by atoms with Crippen molar-refractivity contribution in [1.29, 1.82) is 0 Å². The van der Waals surface area contributed by atoms with Gasteiger partial charge in [0.1, 0.15) is 11.6 Å². The van der Waals surface area contributed by atoms with Gasteiger partial charge in [0.2, 0.25) is 5.91 Å². The van der Waals surface area contributed by atoms with E-state index in [9.17, 15) is 13.6 Å². The van der Waals surface area contributed by atoms with Crippen molar-refractivity contribution in [3.8, 4) is 0 Å². The SMILES string of the molecule is C[C@@H]1CCC[C@H](C)C1NCC(=O)Nc1ccc(F)cc1F. The first kappa shape index (κ1) is 15.9. The van der Waals surface area contributed by atoms with Gasteiger partial charge in [0.15, 0.2) is 0 Å². The van der Waals surface area contributed by atoms with Crippen molar-refractivity contribution >= 4 is 11.6 Å². The summed E-state index contributed by atoms with van der Waals surface area (Å²) < 4.78 is 26.3. The minimum atomic E-state index is -0.761. The number of benzene rings is 1. The van der Waals surface area contributed by atoms with Crippen LogP contribution >= 0.6 is 0 Å². The Morgan fingerprint density at radius 3 is 2.52 bits per heavy atom. The van der Waals surface area contributed by atoms with Crippen LogP contribution in [0.3, 0.4) is 0 Å². The molecule has 3 atom stereocenters. The van der Waals surface area contributed by atoms with Crippen LogP contribution in [0.4, 0.5) is 14.5 Å². The molecule has 0 saturated heterocycles. The lowest BCUT2D eigenvalue weighted by Crippen LogP contribution is -2.45. The van der Waals surface area contributed by atoms with E-state index in [1.165, 1.54) is 12.5 Å². The maximum atomic E-state index is 13.5. The summed E-state index contributed by atoms with van der Waals surface area (Å²) in [6.45, 7) is 4.51. The molecule has 116 valence electrons. The summed E-state index contributed by atoms with van der Waals surface area (Å²) in [7, 11) is 0. The quantitative estimate of drug-likeness (QED) is 0.895. The minimum Gasteiger partial charge on any atom is -0.322 e. The van der Waals surface area contributed by atoms with Crippen molar-refractivity contribution < 1.29 is 13.6 Å². The third-order valence-electron chi connectivity index (χ3n) is 4.25. The summed E-state index contributed by atoms with van der Waals surface area (Å²) in [4.78, 5) is 11.9. The third-order valence-corrected chi connectivity index (χ3v) is 4.25. The summed E-state index contributed by atoms with van der Waals surface area (Å²) in [6, 6.07) is 3.42. The summed E-state index contributed by atoms with van der Waals surface area (Å²) in [5, 5.41) is 5.73. The van der Waals surface area contributed by atoms with Crippen molar-refractivity contribution in [2.45, 2.75) is 39.2 Å². The Morgan fingerprint density at radius 1 is 1.24 bits per heavy atom. The molecule has 1 aromatic carbocycles. The first-order valence-electron chi connectivity index (χ1n) is 7.45. The van der Waals surface area contributed by atoms with Gasteiger partial charge in [0.25, 0.3) is 0 Å². The topological polar surface area (TPSA) is 41.1 Å². The highest BCUT2D eigenvalue weighted by Crippen LogP contribution is 2.28. The van der Waals surface area contributed by atoms with Crippen molar-refractivity contribution in [2.24, 2.45) is 11.8 Å². The van der Waals surface area contributed by atoms with E-state index >= 15 is 0 Å². The fourth-order valence-corrected chi connectivity index (χ4v) is 3.08. The molecule has 1 aliphatic rings. The monoisotopic (exact) mass is 296 g/mol. The van der Waals surface area contributed by atoms with E-state index in [1.807, 2.05) is 0 Å². The van der Waals surface area contributed by atoms with E-state index in [1.54, 1.807) is 0 Å². The van der Waals surface area contributed by atoms with Crippen LogP contribution in [0.1, 0.15) is 33.1 Å². The van der Waals surface area contributed by atoms with Gasteiger partial charge >= 0.3 is 0 Å². The Labute approximate surface area is 124 Å². The number of anilines is 1. The molecule has 0 heterocycles. The van der Waals surface area contributed by atoms with E-state index in [2.05, 4.69) is 24.5 Å². The lowest BCUT2D eigenvalue weighted by Gasteiger charge is -2.35. The smallest absolute Gasteiger partial charge is 0.238 e. The largest absolute Gasteiger partial charge is 0.322 e. The van der Waals surface area contributed by atoms with E-state index in [0.717, 1.165) is 25.0 Å². The number of carbonyl (C=O) groups excluding carboxylic acids is 1. The van der Waals surface area contributed by atoms with E-state index in [0.29, 0.717) is 17.9 Å². The molecule has 1 amide bonds. The lowest BCUT2D eigenvalue weighted by molar-refractivity contribution is -0.115. The van der Waals surface area contributed by atoms with Crippen LogP contribution in [-0.2, 0) is 4.79 Å². The number of amides is 1. The van der Waals surface area contributed by atoms with Gasteiger partial charge in [-0.2, -0.15) is 0 Å². The highest BCUT2D eigenvalue weighted by molar-refractivity contribution is 5.92. The Bertz CT molecular complexity index is 497. The van der Waals surface area contributed by atoms with Gasteiger partial charge in [-0.05, 0) is 36.8 Å². The fraction of sp³-hybridized carbons (Fsp3) is 0.562. The molecule has 1 unspecified atom stereocenters. The van der Waals surface area contributed by atoms with Crippen LogP contribution in [0.25, 0.3) is 0 Å². The van der Waals surface area contributed by atoms with Crippen LogP contribution in [0, 0.1) is 23.5 Å². The minimum absolute atomic E-state index is 0.00735. The Balaban J connectivity index is 1.87. The zero-order valence-corrected chi connectivity index (χ0v) is 12.5. The first-order valence-corrected chi connectivity index (χ1v) is 7.45. The molecule has 2 N–H and O–H groups in total. The Kier molecular flexibility index (Phi) is 5.28. The first-order chi connectivity index (χ1) is 9.97. The molecular weight excluding hydrogens is 274 g/mol. The van der Waals surface area contributed by atoms with Crippen LogP contribution in [0.2, 0.25) is 0 Å². The van der Waals surface area contributed by atoms with Gasteiger partial charge in [-0.3, -0.25) is 4.79 Å². The van der Waals surface area contributed by atoms with Gasteiger partial charge in [0, 0.05) is 12.1 Å². The van der Waals surface area contributed by atoms with Gasteiger partial charge in [-0.25, -0.2) is 8.78 Å². The Morgan fingerprint density at radius 2 is 1.90 bits per heavy atom. The second-order valence-electron chi connectivity index (χ2n) is 5.96. The Hall–Kier alpha value is -1.49. The summed E-state index contributed by atoms with van der Waals surface area (Å²) in [5.74, 6) is -0.671. The maximum Gasteiger partial charge on any atom is 0.238 e. The van der Waals surface area contributed by atoms with E-state index < -0.39 is 11.6 Å². The van der Waals surface area contributed by atoms with Crippen LogP contribution < -0.4 is 10.6 Å². The molecule has 1 aliphatic carbocycles. The second-order valence-corrected chi connectivity index (χ2v) is 5.96. The summed E-state index contributed by atoms with van der Waals surface area (Å²) >= 11 is 0. The number of rotatable bonds is 4. The predicted molar refractivity (Wildman–Crippen MR) is 79.0 cm³/mol. The van der Waals surface area contributed by atoms with Crippen LogP contribution in [0.15, 0.2) is 18.2 Å². The third kappa shape index (κ3) is 4.24. The molecule has 1 fully saturated rings. The average Bonchev–Trinajstić information content (AvgIpc) is 2.41. The van der Waals surface area contributed by atoms with Crippen LogP contribution in [0.5, 0.6) is 0 Å². The molecule has 0 radical (unpaired) electrons. The number of carbonyl (C=O) groups is 1. The number of hydrogen-bond donors (Lipinski definition) is 2. The number of nitrogens with one attached hydrogen (secondary N) is 2. The molecule has 0 bridgehead atoms. The van der Waals surface area contributed by atoms with Crippen molar-refractivity contribution in [1.82, 2.24) is 5.32 Å². The standard InChI is InChI=1S/C16H22F2N2O/c1-10-4-3-5-11(2)16(10)19-9-15(21)20-14-7-6-12(17)8-13(14)18/h6-8,10-11,16,19H,3-5,9H2,1-2H3,(H,20,21)/t10-,11+,16?. The number of halogens is 2. The van der Waals surface area contributed by atoms with Crippen molar-refractivity contribution in [3.63, 3.8) is 0 Å². The maximum absolute atomic E-state index is 13.5. The molecule has 3 nitrogen and oxygen atoms in total. The molecule has 2 rings (SSSR count). The van der Waals surface area contributed by atoms with E-state index in [-0.39, 0.29) is 18.1 Å². The highest BCUT2D eigenvalue weighted by atomic mass is 19.1. The summed E-state index contributed by atoms with van der Waals surface area (Å²) in [6.07, 6.45) is 3.56. The van der Waals surface area contributed by atoms with Gasteiger partial charge in [-0.15, -0.1) is 0 Å². The molecule has 0 aliphatic heterocycles. The molecule has 0 spiro atoms. The fourth-order valence-electron chi connectivity index (χ4n) is 3.08. The number of hydrogen-bond acceptors (Lipinski definition) is 2. The highest BCUT2D eigenvalue weighted by Gasteiger charge is 2.27. The zero-order chi connectivity index (χ0) is 15.4. The second kappa shape index (κ2) is 6.98. The normalized spacial score (nSPS) is 25.6. The molecule has 1 aromatic rings.